The summed E-state index contributed by atoms with van der Waals surface area (Å²) in [6, 6.07) is 3.40. The molecule has 3 N–H and O–H groups in total. The lowest BCUT2D eigenvalue weighted by Gasteiger charge is -2.36. The zero-order valence-corrected chi connectivity index (χ0v) is 18.9. The van der Waals surface area contributed by atoms with E-state index in [0.29, 0.717) is 25.5 Å². The minimum Gasteiger partial charge on any atom is -0.383 e. The van der Waals surface area contributed by atoms with Gasteiger partial charge in [0.1, 0.15) is 17.2 Å². The minimum absolute atomic E-state index is 0.183. The van der Waals surface area contributed by atoms with Crippen molar-refractivity contribution < 1.29 is 19.0 Å². The van der Waals surface area contributed by atoms with Crippen LogP contribution in [0, 0.1) is 17.7 Å². The number of nitrogens with two attached hydrogens (primary N) is 1. The van der Waals surface area contributed by atoms with Crippen LogP contribution < -0.4 is 5.73 Å². The van der Waals surface area contributed by atoms with Crippen LogP contribution >= 0.6 is 0 Å². The molecule has 8 heteroatoms. The molecule has 5 rings (SSSR count). The first-order chi connectivity index (χ1) is 15.1. The third kappa shape index (κ3) is 4.16. The van der Waals surface area contributed by atoms with E-state index in [1.807, 2.05) is 7.05 Å². The van der Waals surface area contributed by atoms with Gasteiger partial charge in [0.2, 0.25) is 0 Å². The Bertz CT molecular complexity index is 1120. The Morgan fingerprint density at radius 1 is 1.44 bits per heavy atom. The zero-order chi connectivity index (χ0) is 23.2. The van der Waals surface area contributed by atoms with E-state index in [1.165, 1.54) is 6.07 Å². The molecule has 1 aromatic heterocycles. The second-order valence-corrected chi connectivity index (χ2v) is 9.25. The van der Waals surface area contributed by atoms with Crippen molar-refractivity contribution in [2.45, 2.75) is 50.8 Å². The average molecular weight is 441 g/mol. The largest absolute Gasteiger partial charge is 0.383 e. The standard InChI is InChI=1S/C24H29FN4O3/c1-24(2,31)6-5-14-11-18-17(12-19(14)25)15-9-16(10-15)29-20(13-28(3)7-8-32-4)21(22(26)30)27-23(18)29/h11-12,15-16,31H,7-10,13H2,1-4H3,(H2,26,30). The number of imidazole rings is 1. The number of hydrogen-bond acceptors (Lipinski definition) is 5. The van der Waals surface area contributed by atoms with Crippen molar-refractivity contribution in [2.75, 3.05) is 27.3 Å². The molecule has 32 heavy (non-hydrogen) atoms. The molecule has 1 fully saturated rings. The number of hydrogen-bond donors (Lipinski definition) is 2. The number of aromatic nitrogens is 2. The van der Waals surface area contributed by atoms with Crippen molar-refractivity contribution in [1.29, 1.82) is 0 Å². The Balaban J connectivity index is 1.86. The van der Waals surface area contributed by atoms with Gasteiger partial charge in [-0.25, -0.2) is 9.37 Å². The van der Waals surface area contributed by atoms with Gasteiger partial charge in [-0.2, -0.15) is 0 Å². The molecule has 1 aromatic carbocycles. The predicted molar refractivity (Wildman–Crippen MR) is 119 cm³/mol. The van der Waals surface area contributed by atoms with Crippen molar-refractivity contribution in [3.8, 4) is 23.2 Å². The van der Waals surface area contributed by atoms with Gasteiger partial charge in [0.25, 0.3) is 5.91 Å². The SMILES string of the molecule is COCCN(C)Cc1c(C(N)=O)nc2n1C1CC(C1)c1cc(F)c(C#CC(C)(C)O)cc1-2. The van der Waals surface area contributed by atoms with E-state index >= 15 is 0 Å². The van der Waals surface area contributed by atoms with E-state index in [-0.39, 0.29) is 23.2 Å². The first-order valence-corrected chi connectivity index (χ1v) is 10.8. The number of likely N-dealkylation sites (N-methyl/N-ethyl adjacent to an activating group) is 1. The number of halogens is 1. The van der Waals surface area contributed by atoms with Crippen molar-refractivity contribution in [3.63, 3.8) is 0 Å². The van der Waals surface area contributed by atoms with Crippen LogP contribution in [-0.4, -0.2) is 58.4 Å². The summed E-state index contributed by atoms with van der Waals surface area (Å²) in [5.41, 5.74) is 7.32. The number of methoxy groups -OCH3 is 1. The molecule has 0 atom stereocenters. The first kappa shape index (κ1) is 22.5. The molecule has 0 saturated heterocycles. The number of aliphatic hydroxyl groups is 1. The average Bonchev–Trinajstić information content (AvgIpc) is 2.90. The lowest BCUT2D eigenvalue weighted by molar-refractivity contribution is 0.0992. The molecule has 3 aliphatic rings. The third-order valence-electron chi connectivity index (χ3n) is 6.14. The van der Waals surface area contributed by atoms with Crippen LogP contribution in [0.1, 0.15) is 66.0 Å². The molecule has 0 unspecified atom stereocenters. The second-order valence-electron chi connectivity index (χ2n) is 9.25. The van der Waals surface area contributed by atoms with E-state index < -0.39 is 17.3 Å². The fourth-order valence-corrected chi connectivity index (χ4v) is 4.47. The molecule has 170 valence electrons. The van der Waals surface area contributed by atoms with Gasteiger partial charge in [-0.1, -0.05) is 11.8 Å². The molecule has 2 aliphatic heterocycles. The topological polar surface area (TPSA) is 93.6 Å². The number of rotatable bonds is 6. The maximum absolute atomic E-state index is 14.9. The summed E-state index contributed by atoms with van der Waals surface area (Å²) in [6.45, 7) is 4.86. The summed E-state index contributed by atoms with van der Waals surface area (Å²) in [5, 5.41) is 9.93. The zero-order valence-electron chi connectivity index (χ0n) is 18.9. The first-order valence-electron chi connectivity index (χ1n) is 10.8. The van der Waals surface area contributed by atoms with Crippen LogP contribution in [0.15, 0.2) is 12.1 Å². The van der Waals surface area contributed by atoms with Gasteiger partial charge in [-0.15, -0.1) is 0 Å². The highest BCUT2D eigenvalue weighted by Crippen LogP contribution is 2.53. The Morgan fingerprint density at radius 3 is 2.78 bits per heavy atom. The van der Waals surface area contributed by atoms with Crippen LogP contribution in [-0.2, 0) is 11.3 Å². The maximum Gasteiger partial charge on any atom is 0.269 e. The highest BCUT2D eigenvalue weighted by Gasteiger charge is 2.41. The summed E-state index contributed by atoms with van der Waals surface area (Å²) in [4.78, 5) is 19.0. The van der Waals surface area contributed by atoms with E-state index in [4.69, 9.17) is 10.5 Å². The Kier molecular flexibility index (Phi) is 5.84. The lowest BCUT2D eigenvalue weighted by Crippen LogP contribution is -2.29. The summed E-state index contributed by atoms with van der Waals surface area (Å²) < 4.78 is 22.1. The van der Waals surface area contributed by atoms with Crippen LogP contribution in [0.5, 0.6) is 0 Å². The quantitative estimate of drug-likeness (QED) is 0.673. The fourth-order valence-electron chi connectivity index (χ4n) is 4.47. The summed E-state index contributed by atoms with van der Waals surface area (Å²) >= 11 is 0. The van der Waals surface area contributed by atoms with Gasteiger partial charge in [0.15, 0.2) is 5.69 Å². The molecule has 1 saturated carbocycles. The summed E-state index contributed by atoms with van der Waals surface area (Å²) in [6.07, 6.45) is 1.72. The van der Waals surface area contributed by atoms with Crippen molar-refractivity contribution in [2.24, 2.45) is 5.73 Å². The van der Waals surface area contributed by atoms with Crippen molar-refractivity contribution in [1.82, 2.24) is 14.5 Å². The predicted octanol–water partition coefficient (Wildman–Crippen LogP) is 2.42. The number of carbonyl (C=O) groups excluding carboxylic acids is 1. The highest BCUT2D eigenvalue weighted by atomic mass is 19.1. The molecule has 0 spiro atoms. The normalized spacial score (nSPS) is 18.8. The minimum atomic E-state index is -1.24. The van der Waals surface area contributed by atoms with Gasteiger partial charge in [0, 0.05) is 31.8 Å². The van der Waals surface area contributed by atoms with Crippen LogP contribution in [0.25, 0.3) is 11.4 Å². The molecule has 1 aliphatic carbocycles. The van der Waals surface area contributed by atoms with Gasteiger partial charge >= 0.3 is 0 Å². The van der Waals surface area contributed by atoms with Crippen molar-refractivity contribution in [3.05, 3.63) is 40.5 Å². The second kappa shape index (κ2) is 8.32. The van der Waals surface area contributed by atoms with Gasteiger partial charge in [-0.3, -0.25) is 9.69 Å². The molecule has 2 bridgehead atoms. The Hall–Kier alpha value is -2.73. The Morgan fingerprint density at radius 2 is 2.16 bits per heavy atom. The van der Waals surface area contributed by atoms with E-state index in [1.54, 1.807) is 27.0 Å². The van der Waals surface area contributed by atoms with E-state index in [2.05, 4.69) is 26.3 Å². The fraction of sp³-hybridized carbons (Fsp3) is 0.500. The molecule has 2 aromatic rings. The van der Waals surface area contributed by atoms with Gasteiger partial charge in [0.05, 0.1) is 17.9 Å². The molecular weight excluding hydrogens is 411 g/mol. The molecule has 7 nitrogen and oxygen atoms in total. The molecule has 3 heterocycles. The number of ether oxygens (including phenoxy) is 1. The monoisotopic (exact) mass is 440 g/mol. The highest BCUT2D eigenvalue weighted by molar-refractivity contribution is 5.93. The maximum atomic E-state index is 14.9. The van der Waals surface area contributed by atoms with Crippen LogP contribution in [0.4, 0.5) is 4.39 Å². The summed E-state index contributed by atoms with van der Waals surface area (Å²) in [7, 11) is 3.61. The van der Waals surface area contributed by atoms with E-state index in [0.717, 1.165) is 29.7 Å². The lowest BCUT2D eigenvalue weighted by atomic mass is 9.75. The smallest absolute Gasteiger partial charge is 0.269 e. The molecular formula is C24H29FN4O3. The van der Waals surface area contributed by atoms with Gasteiger partial charge < -0.3 is 20.1 Å². The van der Waals surface area contributed by atoms with Gasteiger partial charge in [-0.05, 0) is 57.4 Å². The number of nitrogens with zero attached hydrogens (tertiary/aromatic N) is 3. The van der Waals surface area contributed by atoms with E-state index in [9.17, 15) is 14.3 Å². The van der Waals surface area contributed by atoms with Crippen LogP contribution in [0.2, 0.25) is 0 Å². The number of primary amides is 1. The molecule has 1 amide bonds. The third-order valence-corrected chi connectivity index (χ3v) is 6.14. The van der Waals surface area contributed by atoms with Crippen molar-refractivity contribution >= 4 is 5.91 Å². The number of benzene rings is 1. The molecule has 0 radical (unpaired) electrons. The number of amides is 1. The Labute approximate surface area is 187 Å². The summed E-state index contributed by atoms with van der Waals surface area (Å²) in [5.74, 6) is 5.29. The number of carbonyl (C=O) groups is 1. The van der Waals surface area contributed by atoms with Crippen LogP contribution in [0.3, 0.4) is 0 Å².